The van der Waals surface area contributed by atoms with Crippen LogP contribution in [0.1, 0.15) is 22.3 Å². The lowest BCUT2D eigenvalue weighted by molar-refractivity contribution is 0.0951. The number of carbonyl (C=O) groups is 1. The van der Waals surface area contributed by atoms with Crippen molar-refractivity contribution in [2.45, 2.75) is 13.3 Å². The summed E-state index contributed by atoms with van der Waals surface area (Å²) in [5.74, 6) is -0.349. The summed E-state index contributed by atoms with van der Waals surface area (Å²) in [7, 11) is 0. The van der Waals surface area contributed by atoms with Gasteiger partial charge in [-0.3, -0.25) is 9.59 Å². The molecule has 2 aromatic rings. The number of nitrogens with two attached hydrogens (primary N) is 1. The van der Waals surface area contributed by atoms with Gasteiger partial charge in [0.05, 0.1) is 0 Å². The van der Waals surface area contributed by atoms with Crippen molar-refractivity contribution < 1.29 is 4.79 Å². The molecule has 0 spiro atoms. The number of hydrogen-bond acceptors (Lipinski definition) is 3. The van der Waals surface area contributed by atoms with Crippen molar-refractivity contribution in [3.8, 4) is 0 Å². The second-order valence-electron chi connectivity index (χ2n) is 4.40. The molecular formula is C14H17N3O2. The number of aromatic nitrogens is 1. The first kappa shape index (κ1) is 13.3. The van der Waals surface area contributed by atoms with Crippen molar-refractivity contribution in [1.29, 1.82) is 0 Å². The Labute approximate surface area is 110 Å². The molecule has 0 unspecified atom stereocenters. The van der Waals surface area contributed by atoms with Crippen LogP contribution in [0.3, 0.4) is 0 Å². The second-order valence-corrected chi connectivity index (χ2v) is 4.40. The van der Waals surface area contributed by atoms with Crippen LogP contribution in [0.25, 0.3) is 10.9 Å². The van der Waals surface area contributed by atoms with E-state index in [9.17, 15) is 9.59 Å². The average molecular weight is 259 g/mol. The molecule has 1 amide bonds. The molecule has 19 heavy (non-hydrogen) atoms. The van der Waals surface area contributed by atoms with Gasteiger partial charge in [0.25, 0.3) is 11.5 Å². The van der Waals surface area contributed by atoms with Crippen molar-refractivity contribution in [2.24, 2.45) is 5.73 Å². The van der Waals surface area contributed by atoms with Gasteiger partial charge in [0.2, 0.25) is 0 Å². The zero-order chi connectivity index (χ0) is 13.8. The van der Waals surface area contributed by atoms with Gasteiger partial charge < -0.3 is 16.0 Å². The van der Waals surface area contributed by atoms with E-state index in [4.69, 9.17) is 5.73 Å². The molecule has 0 aliphatic carbocycles. The number of benzene rings is 1. The van der Waals surface area contributed by atoms with Crippen molar-refractivity contribution in [1.82, 2.24) is 10.3 Å². The second kappa shape index (κ2) is 5.67. The molecule has 1 heterocycles. The van der Waals surface area contributed by atoms with Crippen LogP contribution in [0.2, 0.25) is 0 Å². The van der Waals surface area contributed by atoms with Gasteiger partial charge in [-0.1, -0.05) is 18.2 Å². The average Bonchev–Trinajstić information content (AvgIpc) is 2.39. The fraction of sp³-hybridized carbons (Fsp3) is 0.286. The summed E-state index contributed by atoms with van der Waals surface area (Å²) >= 11 is 0. The van der Waals surface area contributed by atoms with Gasteiger partial charge in [-0.2, -0.15) is 0 Å². The third kappa shape index (κ3) is 2.66. The molecule has 1 aromatic heterocycles. The number of aromatic amines is 1. The number of pyridine rings is 1. The molecule has 0 bridgehead atoms. The molecule has 100 valence electrons. The van der Waals surface area contributed by atoms with E-state index in [2.05, 4.69) is 10.3 Å². The van der Waals surface area contributed by atoms with E-state index in [1.54, 1.807) is 6.92 Å². The lowest BCUT2D eigenvalue weighted by Crippen LogP contribution is -2.32. The van der Waals surface area contributed by atoms with E-state index in [1.807, 2.05) is 24.3 Å². The van der Waals surface area contributed by atoms with Crippen LogP contribution in [0.4, 0.5) is 0 Å². The molecule has 1 aromatic carbocycles. The summed E-state index contributed by atoms with van der Waals surface area (Å²) in [6.07, 6.45) is 0.691. The predicted octanol–water partition coefficient (Wildman–Crippen LogP) is 0.915. The number of carbonyl (C=O) groups excluding carboxylic acids is 1. The van der Waals surface area contributed by atoms with E-state index in [0.29, 0.717) is 25.1 Å². The number of amides is 1. The third-order valence-electron chi connectivity index (χ3n) is 3.07. The Morgan fingerprint density at radius 3 is 2.84 bits per heavy atom. The van der Waals surface area contributed by atoms with Crippen LogP contribution in [-0.4, -0.2) is 24.0 Å². The molecule has 5 nitrogen and oxygen atoms in total. The van der Waals surface area contributed by atoms with Gasteiger partial charge >= 0.3 is 0 Å². The van der Waals surface area contributed by atoms with Crippen LogP contribution < -0.4 is 16.6 Å². The summed E-state index contributed by atoms with van der Waals surface area (Å²) in [6.45, 7) is 2.77. The topological polar surface area (TPSA) is 88.0 Å². The number of H-pyrrole nitrogens is 1. The first-order chi connectivity index (χ1) is 9.15. The maximum absolute atomic E-state index is 12.0. The highest BCUT2D eigenvalue weighted by molar-refractivity contribution is 5.99. The first-order valence-electron chi connectivity index (χ1n) is 6.25. The summed E-state index contributed by atoms with van der Waals surface area (Å²) in [4.78, 5) is 26.7. The van der Waals surface area contributed by atoms with E-state index in [0.717, 1.165) is 10.9 Å². The fourth-order valence-electron chi connectivity index (χ4n) is 2.07. The maximum Gasteiger partial charge on any atom is 0.261 e. The molecule has 0 atom stereocenters. The number of nitrogens with one attached hydrogen (secondary N) is 2. The van der Waals surface area contributed by atoms with E-state index < -0.39 is 0 Å². The Morgan fingerprint density at radius 1 is 1.37 bits per heavy atom. The smallest absolute Gasteiger partial charge is 0.261 e. The Balaban J connectivity index is 2.43. The zero-order valence-electron chi connectivity index (χ0n) is 10.8. The highest BCUT2D eigenvalue weighted by atomic mass is 16.2. The predicted molar refractivity (Wildman–Crippen MR) is 75.3 cm³/mol. The van der Waals surface area contributed by atoms with E-state index >= 15 is 0 Å². The summed E-state index contributed by atoms with van der Waals surface area (Å²) < 4.78 is 0. The highest BCUT2D eigenvalue weighted by Gasteiger charge is 2.15. The Kier molecular flexibility index (Phi) is 3.97. The van der Waals surface area contributed by atoms with Gasteiger partial charge in [-0.25, -0.2) is 0 Å². The van der Waals surface area contributed by atoms with E-state index in [1.165, 1.54) is 0 Å². The fourth-order valence-corrected chi connectivity index (χ4v) is 2.07. The van der Waals surface area contributed by atoms with Crippen LogP contribution >= 0.6 is 0 Å². The highest BCUT2D eigenvalue weighted by Crippen LogP contribution is 2.16. The Morgan fingerprint density at radius 2 is 2.11 bits per heavy atom. The molecule has 5 heteroatoms. The molecule has 0 aliphatic heterocycles. The van der Waals surface area contributed by atoms with Gasteiger partial charge in [0.15, 0.2) is 0 Å². The van der Waals surface area contributed by atoms with Crippen LogP contribution in [0.5, 0.6) is 0 Å². The third-order valence-corrected chi connectivity index (χ3v) is 3.07. The number of fused-ring (bicyclic) bond motifs is 1. The minimum atomic E-state index is -0.360. The molecule has 4 N–H and O–H groups in total. The number of aryl methyl sites for hydroxylation is 1. The van der Waals surface area contributed by atoms with Crippen LogP contribution in [0.15, 0.2) is 29.1 Å². The van der Waals surface area contributed by atoms with Gasteiger partial charge in [-0.05, 0) is 31.5 Å². The lowest BCUT2D eigenvalue weighted by atomic mass is 10.0. The molecule has 2 rings (SSSR count). The first-order valence-corrected chi connectivity index (χ1v) is 6.25. The number of para-hydroxylation sites is 1. The summed E-state index contributed by atoms with van der Waals surface area (Å²) in [5.41, 5.74) is 6.62. The Hall–Kier alpha value is -2.14. The van der Waals surface area contributed by atoms with Gasteiger partial charge in [0.1, 0.15) is 5.56 Å². The zero-order valence-corrected chi connectivity index (χ0v) is 10.8. The van der Waals surface area contributed by atoms with Crippen molar-refractivity contribution >= 4 is 16.8 Å². The van der Waals surface area contributed by atoms with Crippen molar-refractivity contribution in [3.63, 3.8) is 0 Å². The lowest BCUT2D eigenvalue weighted by Gasteiger charge is -2.09. The minimum Gasteiger partial charge on any atom is -0.352 e. The summed E-state index contributed by atoms with van der Waals surface area (Å²) in [5, 5.41) is 3.59. The molecule has 0 radical (unpaired) electrons. The van der Waals surface area contributed by atoms with Gasteiger partial charge in [-0.15, -0.1) is 0 Å². The maximum atomic E-state index is 12.0. The minimum absolute atomic E-state index is 0.177. The van der Waals surface area contributed by atoms with Crippen LogP contribution in [0, 0.1) is 6.92 Å². The van der Waals surface area contributed by atoms with Crippen LogP contribution in [-0.2, 0) is 0 Å². The summed E-state index contributed by atoms with van der Waals surface area (Å²) in [6, 6.07) is 7.43. The van der Waals surface area contributed by atoms with Gasteiger partial charge in [0, 0.05) is 17.4 Å². The quantitative estimate of drug-likeness (QED) is 0.713. The molecule has 0 saturated heterocycles. The normalized spacial score (nSPS) is 10.6. The SMILES string of the molecule is Cc1c(C(=O)NCCCN)c(=O)[nH]c2ccccc12. The molecule has 0 fully saturated rings. The molecule has 0 saturated carbocycles. The van der Waals surface area contributed by atoms with Crippen molar-refractivity contribution in [2.75, 3.05) is 13.1 Å². The molecular weight excluding hydrogens is 242 g/mol. The van der Waals surface area contributed by atoms with E-state index in [-0.39, 0.29) is 17.0 Å². The van der Waals surface area contributed by atoms with Crippen molar-refractivity contribution in [3.05, 3.63) is 45.7 Å². The number of hydrogen-bond donors (Lipinski definition) is 3. The Bertz CT molecular complexity index is 661. The molecule has 0 aliphatic rings. The number of rotatable bonds is 4. The standard InChI is InChI=1S/C14H17N3O2/c1-9-10-5-2-3-6-11(10)17-14(19)12(9)13(18)16-8-4-7-15/h2-3,5-6H,4,7-8,15H2,1H3,(H,16,18)(H,17,19). The largest absolute Gasteiger partial charge is 0.352 e. The monoisotopic (exact) mass is 259 g/mol.